The molecule has 0 saturated carbocycles. The summed E-state index contributed by atoms with van der Waals surface area (Å²) < 4.78 is 26.5. The predicted octanol–water partition coefficient (Wildman–Crippen LogP) is -0.184. The van der Waals surface area contributed by atoms with Crippen molar-refractivity contribution in [2.75, 3.05) is 12.3 Å². The third-order valence-electron chi connectivity index (χ3n) is 2.62. The SMILES string of the molecule is Nc1cccc(S(=O)(=O)NCCc2ncn[nH]2)c1[N+](=O)[O-]. The number of benzene rings is 1. The van der Waals surface area contributed by atoms with Gasteiger partial charge in [-0.15, -0.1) is 0 Å². The van der Waals surface area contributed by atoms with Crippen LogP contribution in [0, 0.1) is 10.1 Å². The summed E-state index contributed by atoms with van der Waals surface area (Å²) in [6, 6.07) is 3.74. The van der Waals surface area contributed by atoms with Gasteiger partial charge in [0.1, 0.15) is 17.8 Å². The van der Waals surface area contributed by atoms with Crippen LogP contribution in [0.25, 0.3) is 0 Å². The van der Waals surface area contributed by atoms with E-state index in [4.69, 9.17) is 5.73 Å². The normalized spacial score (nSPS) is 11.4. The van der Waals surface area contributed by atoms with Gasteiger partial charge in [-0.1, -0.05) is 6.07 Å². The van der Waals surface area contributed by atoms with Gasteiger partial charge < -0.3 is 5.73 Å². The van der Waals surface area contributed by atoms with Crippen LogP contribution in [-0.4, -0.2) is 35.1 Å². The summed E-state index contributed by atoms with van der Waals surface area (Å²) in [6.45, 7) is 0.0173. The highest BCUT2D eigenvalue weighted by molar-refractivity contribution is 7.89. The summed E-state index contributed by atoms with van der Waals surface area (Å²) in [6.07, 6.45) is 1.57. The first-order valence-electron chi connectivity index (χ1n) is 5.78. The molecule has 0 amide bonds. The standard InChI is InChI=1S/C10H12N6O4S/c11-7-2-1-3-8(10(7)16(17)18)21(19,20)14-5-4-9-12-6-13-15-9/h1-3,6,14H,4-5,11H2,(H,12,13,15). The molecule has 0 spiro atoms. The Kier molecular flexibility index (Phi) is 4.14. The van der Waals surface area contributed by atoms with Crippen LogP contribution in [0.5, 0.6) is 0 Å². The Morgan fingerprint density at radius 3 is 2.81 bits per heavy atom. The van der Waals surface area contributed by atoms with Crippen molar-refractivity contribution in [3.8, 4) is 0 Å². The van der Waals surface area contributed by atoms with E-state index in [0.717, 1.165) is 6.07 Å². The molecule has 0 atom stereocenters. The molecule has 2 rings (SSSR count). The lowest BCUT2D eigenvalue weighted by molar-refractivity contribution is -0.386. The summed E-state index contributed by atoms with van der Waals surface area (Å²) in [5.74, 6) is 0.500. The number of aromatic nitrogens is 3. The lowest BCUT2D eigenvalue weighted by Gasteiger charge is -2.07. The number of nitrogen functional groups attached to an aromatic ring is 1. The summed E-state index contributed by atoms with van der Waals surface area (Å²) in [5.41, 5.74) is 4.62. The first kappa shape index (κ1) is 14.9. The minimum absolute atomic E-state index is 0.0173. The molecule has 1 aromatic carbocycles. The number of anilines is 1. The molecule has 10 nitrogen and oxygen atoms in total. The quantitative estimate of drug-likeness (QED) is 0.379. The number of hydrogen-bond donors (Lipinski definition) is 3. The Labute approximate surface area is 119 Å². The molecule has 0 saturated heterocycles. The van der Waals surface area contributed by atoms with Crippen LogP contribution in [0.2, 0.25) is 0 Å². The largest absolute Gasteiger partial charge is 0.393 e. The van der Waals surface area contributed by atoms with Crippen molar-refractivity contribution < 1.29 is 13.3 Å². The second-order valence-corrected chi connectivity index (χ2v) is 5.77. The van der Waals surface area contributed by atoms with E-state index in [1.54, 1.807) is 0 Å². The van der Waals surface area contributed by atoms with Crippen LogP contribution in [0.15, 0.2) is 29.4 Å². The number of nitro groups is 1. The van der Waals surface area contributed by atoms with E-state index in [2.05, 4.69) is 19.9 Å². The minimum Gasteiger partial charge on any atom is -0.393 e. The Morgan fingerprint density at radius 1 is 1.43 bits per heavy atom. The number of nitrogens with two attached hydrogens (primary N) is 1. The first-order valence-corrected chi connectivity index (χ1v) is 7.27. The van der Waals surface area contributed by atoms with Gasteiger partial charge in [0.15, 0.2) is 4.90 Å². The maximum Gasteiger partial charge on any atom is 0.312 e. The van der Waals surface area contributed by atoms with Gasteiger partial charge in [0.25, 0.3) is 0 Å². The number of rotatable bonds is 6. The fourth-order valence-corrected chi connectivity index (χ4v) is 2.92. The summed E-state index contributed by atoms with van der Waals surface area (Å²) in [5, 5.41) is 17.2. The van der Waals surface area contributed by atoms with Crippen LogP contribution in [0.1, 0.15) is 5.82 Å². The molecule has 0 bridgehead atoms. The van der Waals surface area contributed by atoms with Crippen LogP contribution in [-0.2, 0) is 16.4 Å². The fourth-order valence-electron chi connectivity index (χ4n) is 1.68. The minimum atomic E-state index is -4.05. The van der Waals surface area contributed by atoms with E-state index in [1.165, 1.54) is 18.5 Å². The molecule has 0 radical (unpaired) electrons. The number of sulfonamides is 1. The molecular formula is C10H12N6O4S. The van der Waals surface area contributed by atoms with Crippen LogP contribution in [0.4, 0.5) is 11.4 Å². The lowest BCUT2D eigenvalue weighted by Crippen LogP contribution is -2.27. The van der Waals surface area contributed by atoms with Gasteiger partial charge in [0.2, 0.25) is 10.0 Å². The highest BCUT2D eigenvalue weighted by Gasteiger charge is 2.27. The second kappa shape index (κ2) is 5.85. The van der Waals surface area contributed by atoms with Crippen molar-refractivity contribution >= 4 is 21.4 Å². The van der Waals surface area contributed by atoms with Gasteiger partial charge in [-0.05, 0) is 12.1 Å². The maximum absolute atomic E-state index is 12.1. The highest BCUT2D eigenvalue weighted by atomic mass is 32.2. The average molecular weight is 312 g/mol. The van der Waals surface area contributed by atoms with Gasteiger partial charge in [-0.3, -0.25) is 15.2 Å². The number of nitrogens with zero attached hydrogens (tertiary/aromatic N) is 3. The van der Waals surface area contributed by atoms with Crippen molar-refractivity contribution in [1.82, 2.24) is 19.9 Å². The molecule has 0 aliphatic rings. The van der Waals surface area contributed by atoms with Crippen LogP contribution < -0.4 is 10.5 Å². The number of aromatic amines is 1. The van der Waals surface area contributed by atoms with E-state index in [9.17, 15) is 18.5 Å². The zero-order chi connectivity index (χ0) is 15.5. The lowest BCUT2D eigenvalue weighted by atomic mass is 10.3. The number of hydrogen-bond acceptors (Lipinski definition) is 7. The zero-order valence-electron chi connectivity index (χ0n) is 10.7. The Morgan fingerprint density at radius 2 is 2.19 bits per heavy atom. The van der Waals surface area contributed by atoms with E-state index >= 15 is 0 Å². The monoisotopic (exact) mass is 312 g/mol. The predicted molar refractivity (Wildman–Crippen MR) is 72.8 cm³/mol. The molecule has 1 aromatic heterocycles. The molecule has 2 aromatic rings. The van der Waals surface area contributed by atoms with Crippen LogP contribution in [0.3, 0.4) is 0 Å². The smallest absolute Gasteiger partial charge is 0.312 e. The number of para-hydroxylation sites is 1. The number of H-pyrrole nitrogens is 1. The third-order valence-corrected chi connectivity index (χ3v) is 4.11. The maximum atomic E-state index is 12.1. The topological polar surface area (TPSA) is 157 Å². The first-order chi connectivity index (χ1) is 9.92. The molecular weight excluding hydrogens is 300 g/mol. The Balaban J connectivity index is 2.20. The number of nitro benzene ring substituents is 1. The Hall–Kier alpha value is -2.53. The second-order valence-electron chi connectivity index (χ2n) is 4.03. The molecule has 112 valence electrons. The van der Waals surface area contributed by atoms with Crippen molar-refractivity contribution in [2.24, 2.45) is 0 Å². The molecule has 21 heavy (non-hydrogen) atoms. The van der Waals surface area contributed by atoms with E-state index in [1.807, 2.05) is 0 Å². The summed E-state index contributed by atoms with van der Waals surface area (Å²) in [4.78, 5) is 13.5. The highest BCUT2D eigenvalue weighted by Crippen LogP contribution is 2.29. The fraction of sp³-hybridized carbons (Fsp3) is 0.200. The Bertz CT molecular complexity index is 743. The van der Waals surface area contributed by atoms with Crippen LogP contribution >= 0.6 is 0 Å². The van der Waals surface area contributed by atoms with Gasteiger partial charge in [-0.2, -0.15) is 5.10 Å². The zero-order valence-corrected chi connectivity index (χ0v) is 11.5. The third kappa shape index (κ3) is 3.32. The molecule has 0 aliphatic heterocycles. The molecule has 1 heterocycles. The van der Waals surface area contributed by atoms with E-state index in [0.29, 0.717) is 5.82 Å². The molecule has 0 fully saturated rings. The molecule has 0 aliphatic carbocycles. The molecule has 0 unspecified atom stereocenters. The number of nitrogens with one attached hydrogen (secondary N) is 2. The summed E-state index contributed by atoms with van der Waals surface area (Å²) in [7, 11) is -4.05. The van der Waals surface area contributed by atoms with Crippen molar-refractivity contribution in [3.63, 3.8) is 0 Å². The van der Waals surface area contributed by atoms with Crippen molar-refractivity contribution in [3.05, 3.63) is 40.5 Å². The average Bonchev–Trinajstić information content (AvgIpc) is 2.91. The van der Waals surface area contributed by atoms with Gasteiger partial charge in [0.05, 0.1) is 4.92 Å². The molecule has 11 heteroatoms. The van der Waals surface area contributed by atoms with E-state index in [-0.39, 0.29) is 18.7 Å². The van der Waals surface area contributed by atoms with Crippen molar-refractivity contribution in [1.29, 1.82) is 0 Å². The molecule has 4 N–H and O–H groups in total. The van der Waals surface area contributed by atoms with Gasteiger partial charge in [-0.25, -0.2) is 18.1 Å². The van der Waals surface area contributed by atoms with Crippen molar-refractivity contribution in [2.45, 2.75) is 11.3 Å². The summed E-state index contributed by atoms with van der Waals surface area (Å²) >= 11 is 0. The van der Waals surface area contributed by atoms with Gasteiger partial charge in [0, 0.05) is 13.0 Å². The van der Waals surface area contributed by atoms with E-state index < -0.39 is 25.5 Å². The van der Waals surface area contributed by atoms with Gasteiger partial charge >= 0.3 is 5.69 Å².